The number of furan rings is 1. The molecule has 55 heavy (non-hydrogen) atoms. The third-order valence-electron chi connectivity index (χ3n) is 10.7. The number of carbonyl (C=O) groups is 2. The Labute approximate surface area is 318 Å². The number of aliphatic hydroxyl groups is 1. The van der Waals surface area contributed by atoms with Gasteiger partial charge in [0.05, 0.1) is 30.0 Å². The third-order valence-corrected chi connectivity index (χ3v) is 10.7. The van der Waals surface area contributed by atoms with Gasteiger partial charge in [0.2, 0.25) is 5.56 Å². The van der Waals surface area contributed by atoms with Crippen LogP contribution in [0.1, 0.15) is 70.6 Å². The highest BCUT2D eigenvalue weighted by molar-refractivity contribution is 5.91. The molecule has 8 rings (SSSR count). The molecule has 3 saturated heterocycles. The van der Waals surface area contributed by atoms with Gasteiger partial charge < -0.3 is 45.0 Å². The smallest absolute Gasteiger partial charge is 0.408 e. The van der Waals surface area contributed by atoms with E-state index in [2.05, 4.69) is 20.5 Å². The van der Waals surface area contributed by atoms with Crippen molar-refractivity contribution in [3.8, 4) is 11.5 Å². The van der Waals surface area contributed by atoms with Crippen LogP contribution in [-0.4, -0.2) is 87.4 Å². The molecule has 2 amide bonds. The maximum Gasteiger partial charge on any atom is 0.408 e. The highest BCUT2D eigenvalue weighted by Gasteiger charge is 2.43. The van der Waals surface area contributed by atoms with Gasteiger partial charge in [0.25, 0.3) is 5.91 Å². The first-order valence-electron chi connectivity index (χ1n) is 18.9. The lowest BCUT2D eigenvalue weighted by Crippen LogP contribution is -2.59. The first kappa shape index (κ1) is 37.7. The van der Waals surface area contributed by atoms with Crippen molar-refractivity contribution in [1.82, 2.24) is 25.4 Å². The molecule has 288 valence electrons. The molecule has 3 fully saturated rings. The monoisotopic (exact) mass is 749 g/mol. The first-order chi connectivity index (χ1) is 26.7. The zero-order valence-electron chi connectivity index (χ0n) is 30.5. The fourth-order valence-corrected chi connectivity index (χ4v) is 7.92. The number of aromatic nitrogens is 1. The molecule has 0 radical (unpaired) electrons. The van der Waals surface area contributed by atoms with Gasteiger partial charge in [-0.05, 0) is 98.3 Å². The van der Waals surface area contributed by atoms with Gasteiger partial charge in [-0.2, -0.15) is 0 Å². The van der Waals surface area contributed by atoms with Crippen molar-refractivity contribution < 1.29 is 34.1 Å². The molecule has 3 aliphatic rings. The number of phenolic OH excluding ortho intramolecular Hbond substituents is 1. The van der Waals surface area contributed by atoms with Crippen LogP contribution in [0.2, 0.25) is 0 Å². The zero-order valence-corrected chi connectivity index (χ0v) is 30.5. The summed E-state index contributed by atoms with van der Waals surface area (Å²) in [4.78, 5) is 44.0. The van der Waals surface area contributed by atoms with Crippen molar-refractivity contribution >= 4 is 22.9 Å². The minimum absolute atomic E-state index is 0.0572. The van der Waals surface area contributed by atoms with Gasteiger partial charge in [0.15, 0.2) is 5.76 Å². The number of carbonyl (C=O) groups excluding carboxylic acids is 1. The number of aromatic amines is 1. The summed E-state index contributed by atoms with van der Waals surface area (Å²) in [5.41, 5.74) is 2.96. The number of aromatic hydroxyl groups is 1. The van der Waals surface area contributed by atoms with Gasteiger partial charge in [-0.1, -0.05) is 48.5 Å². The van der Waals surface area contributed by atoms with Crippen LogP contribution in [0.3, 0.4) is 0 Å². The molecule has 5 heterocycles. The number of unbranched alkanes of at least 4 members (excludes halogenated alkanes) is 1. The summed E-state index contributed by atoms with van der Waals surface area (Å²) < 4.78 is 11.7. The van der Waals surface area contributed by atoms with Crippen molar-refractivity contribution in [3.05, 3.63) is 130 Å². The Morgan fingerprint density at radius 3 is 2.51 bits per heavy atom. The van der Waals surface area contributed by atoms with E-state index < -0.39 is 18.2 Å². The van der Waals surface area contributed by atoms with E-state index in [0.29, 0.717) is 53.2 Å². The number of pyridine rings is 1. The Bertz CT molecular complexity index is 2140. The van der Waals surface area contributed by atoms with Gasteiger partial charge >= 0.3 is 6.09 Å². The lowest BCUT2D eigenvalue weighted by atomic mass is 9.81. The molecule has 0 spiro atoms. The molecule has 2 bridgehead atoms. The minimum atomic E-state index is -0.934. The number of phenols is 1. The van der Waals surface area contributed by atoms with Crippen molar-refractivity contribution in [2.24, 2.45) is 5.92 Å². The number of piperidine rings is 3. The number of carboxylic acid groups (broad SMARTS) is 1. The van der Waals surface area contributed by atoms with Crippen molar-refractivity contribution in [2.75, 3.05) is 39.3 Å². The normalized spacial score (nSPS) is 18.8. The molecule has 2 aromatic heterocycles. The van der Waals surface area contributed by atoms with Gasteiger partial charge in [0, 0.05) is 36.7 Å². The van der Waals surface area contributed by atoms with E-state index >= 15 is 0 Å². The lowest BCUT2D eigenvalue weighted by Gasteiger charge is -2.50. The topological polar surface area (TPSA) is 181 Å². The van der Waals surface area contributed by atoms with Crippen molar-refractivity contribution in [3.63, 3.8) is 0 Å². The van der Waals surface area contributed by atoms with E-state index in [4.69, 9.17) is 9.15 Å². The SMILES string of the molecule is O=C(NCCCCNCC(O)c1ccc(O)c2[nH]c(=O)ccc12)c1cc(COc2cccc([C@H](c3ccccc3)N(C(=O)O)C3CN4CCC3CC4)c2)co1. The fraction of sp³-hybridized carbons (Fsp3) is 0.357. The van der Waals surface area contributed by atoms with Crippen LogP contribution in [0.15, 0.2) is 100 Å². The van der Waals surface area contributed by atoms with Gasteiger partial charge in [0.1, 0.15) is 18.1 Å². The predicted octanol–water partition coefficient (Wildman–Crippen LogP) is 5.40. The highest BCUT2D eigenvalue weighted by Crippen LogP contribution is 2.39. The van der Waals surface area contributed by atoms with Crippen LogP contribution in [-0.2, 0) is 6.61 Å². The number of H-pyrrole nitrogens is 1. The molecule has 3 aromatic carbocycles. The van der Waals surface area contributed by atoms with Crippen LogP contribution >= 0.6 is 0 Å². The Morgan fingerprint density at radius 2 is 1.75 bits per heavy atom. The molecule has 5 aromatic rings. The lowest BCUT2D eigenvalue weighted by molar-refractivity contribution is -0.000814. The molecule has 0 aliphatic carbocycles. The summed E-state index contributed by atoms with van der Waals surface area (Å²) in [5, 5.41) is 38.1. The van der Waals surface area contributed by atoms with Crippen LogP contribution < -0.4 is 20.9 Å². The maximum absolute atomic E-state index is 13.0. The van der Waals surface area contributed by atoms with E-state index in [1.165, 1.54) is 18.4 Å². The average molecular weight is 750 g/mol. The summed E-state index contributed by atoms with van der Waals surface area (Å²) >= 11 is 0. The number of nitrogens with zero attached hydrogens (tertiary/aromatic N) is 2. The quantitative estimate of drug-likeness (QED) is 0.0715. The van der Waals surface area contributed by atoms with Crippen LogP contribution in [0, 0.1) is 5.92 Å². The van der Waals surface area contributed by atoms with E-state index in [1.54, 1.807) is 23.1 Å². The second-order valence-electron chi connectivity index (χ2n) is 14.4. The highest BCUT2D eigenvalue weighted by atomic mass is 16.5. The standard InChI is InChI=1S/C42H47N5O8/c48-35-13-11-32(33-12-14-38(50)45-39(33)35)36(49)23-43-17-4-5-18-44-41(51)37-21-27(26-55-37)25-54-31-10-6-9-30(22-31)40(29-7-2-1-3-8-29)47(42(52)53)34-24-46-19-15-28(34)16-20-46/h1-3,6-14,21-22,26,28,34,36,40,43,48-49H,4-5,15-20,23-25H2,(H,44,51)(H,45,50)(H,52,53)/t34?,36?,40-/m0/s1. The maximum atomic E-state index is 13.0. The third kappa shape index (κ3) is 8.86. The summed E-state index contributed by atoms with van der Waals surface area (Å²) in [6.45, 7) is 4.27. The second kappa shape index (κ2) is 17.2. The molecular formula is C42H47N5O8. The number of aliphatic hydroxyl groups excluding tert-OH is 1. The minimum Gasteiger partial charge on any atom is -0.506 e. The molecular weight excluding hydrogens is 702 g/mol. The van der Waals surface area contributed by atoms with Crippen molar-refractivity contribution in [2.45, 2.75) is 50.5 Å². The number of ether oxygens (including phenoxy) is 1. The summed E-state index contributed by atoms with van der Waals surface area (Å²) in [7, 11) is 0. The zero-order chi connectivity index (χ0) is 38.3. The molecule has 0 saturated carbocycles. The Hall–Kier alpha value is -5.63. The molecule has 2 unspecified atom stereocenters. The fourth-order valence-electron chi connectivity index (χ4n) is 7.92. The van der Waals surface area contributed by atoms with E-state index in [-0.39, 0.29) is 42.2 Å². The number of hydrogen-bond donors (Lipinski definition) is 6. The Kier molecular flexibility index (Phi) is 11.8. The van der Waals surface area contributed by atoms with Crippen LogP contribution in [0.5, 0.6) is 11.5 Å². The van der Waals surface area contributed by atoms with Crippen molar-refractivity contribution in [1.29, 1.82) is 0 Å². The van der Waals surface area contributed by atoms with E-state index in [9.17, 15) is 29.7 Å². The number of rotatable bonds is 16. The number of hydrogen-bond acceptors (Lipinski definition) is 9. The van der Waals surface area contributed by atoms with E-state index in [1.807, 2.05) is 54.6 Å². The van der Waals surface area contributed by atoms with E-state index in [0.717, 1.165) is 50.0 Å². The predicted molar refractivity (Wildman–Crippen MR) is 206 cm³/mol. The molecule has 3 aliphatic heterocycles. The van der Waals surface area contributed by atoms with Gasteiger partial charge in [-0.3, -0.25) is 14.5 Å². The van der Waals surface area contributed by atoms with Gasteiger partial charge in [-0.25, -0.2) is 4.79 Å². The summed E-state index contributed by atoms with van der Waals surface area (Å²) in [6.07, 6.45) is 3.18. The average Bonchev–Trinajstić information content (AvgIpc) is 3.69. The number of amides is 2. The Morgan fingerprint density at radius 1 is 0.964 bits per heavy atom. The molecule has 3 atom stereocenters. The molecule has 13 heteroatoms. The summed E-state index contributed by atoms with van der Waals surface area (Å²) in [5.74, 6) is 0.699. The molecule has 6 N–H and O–H groups in total. The number of fused-ring (bicyclic) bond motifs is 4. The van der Waals surface area contributed by atoms with Crippen LogP contribution in [0.25, 0.3) is 10.9 Å². The molecule has 13 nitrogen and oxygen atoms in total. The van der Waals surface area contributed by atoms with Crippen LogP contribution in [0.4, 0.5) is 4.79 Å². The second-order valence-corrected chi connectivity index (χ2v) is 14.4. The summed E-state index contributed by atoms with van der Waals surface area (Å²) in [6, 6.07) is 24.4. The Balaban J connectivity index is 0.888. The number of benzene rings is 3. The largest absolute Gasteiger partial charge is 0.506 e. The first-order valence-corrected chi connectivity index (χ1v) is 18.9. The number of nitrogens with one attached hydrogen (secondary N) is 3. The van der Waals surface area contributed by atoms with Gasteiger partial charge in [-0.15, -0.1) is 0 Å².